The number of unbranched alkanes of at least 4 members (excludes halogenated alkanes) is 1. The third kappa shape index (κ3) is 3.82. The number of nitrogens with zero attached hydrogens (tertiary/aromatic N) is 1. The number of para-hydroxylation sites is 1. The van der Waals surface area contributed by atoms with Gasteiger partial charge in [-0.15, -0.1) is 0 Å². The summed E-state index contributed by atoms with van der Waals surface area (Å²) in [5.41, 5.74) is 0.451. The average Bonchev–Trinajstić information content (AvgIpc) is 2.49. The molecule has 2 aromatic rings. The predicted octanol–water partition coefficient (Wildman–Crippen LogP) is 3.40. The molecule has 0 radical (unpaired) electrons. The van der Waals surface area contributed by atoms with Crippen molar-refractivity contribution in [2.45, 2.75) is 19.8 Å². The van der Waals surface area contributed by atoms with Gasteiger partial charge in [0.05, 0.1) is 0 Å². The first-order valence-electron chi connectivity index (χ1n) is 6.77. The average molecular weight is 270 g/mol. The standard InChI is InChI=1S/C16H18N2O2/c1-2-3-11-17-15(19)14-10-7-12-18-16(14)20-13-8-5-4-6-9-13/h4-10,12H,2-3,11H2,1H3,(H,17,19). The Labute approximate surface area is 118 Å². The van der Waals surface area contributed by atoms with Crippen molar-refractivity contribution in [1.82, 2.24) is 10.3 Å². The molecule has 20 heavy (non-hydrogen) atoms. The van der Waals surface area contributed by atoms with Gasteiger partial charge in [-0.2, -0.15) is 0 Å². The summed E-state index contributed by atoms with van der Waals surface area (Å²) in [6.07, 6.45) is 3.61. The van der Waals surface area contributed by atoms with Crippen molar-refractivity contribution in [3.8, 4) is 11.6 Å². The summed E-state index contributed by atoms with van der Waals surface area (Å²) < 4.78 is 5.66. The molecular formula is C16H18N2O2. The number of carbonyl (C=O) groups is 1. The Morgan fingerprint density at radius 1 is 1.20 bits per heavy atom. The van der Waals surface area contributed by atoms with E-state index in [1.165, 1.54) is 0 Å². The number of pyridine rings is 1. The minimum atomic E-state index is -0.155. The molecule has 0 aliphatic rings. The van der Waals surface area contributed by atoms with Crippen LogP contribution in [0.3, 0.4) is 0 Å². The van der Waals surface area contributed by atoms with Crippen molar-refractivity contribution in [1.29, 1.82) is 0 Å². The van der Waals surface area contributed by atoms with Gasteiger partial charge in [-0.3, -0.25) is 4.79 Å². The fourth-order valence-corrected chi connectivity index (χ4v) is 1.72. The molecule has 0 spiro atoms. The van der Waals surface area contributed by atoms with Crippen LogP contribution in [0, 0.1) is 0 Å². The number of aromatic nitrogens is 1. The van der Waals surface area contributed by atoms with Crippen LogP contribution in [0.4, 0.5) is 0 Å². The number of amides is 1. The van der Waals surface area contributed by atoms with Crippen LogP contribution in [0.15, 0.2) is 48.7 Å². The highest BCUT2D eigenvalue weighted by atomic mass is 16.5. The Morgan fingerprint density at radius 3 is 2.75 bits per heavy atom. The first kappa shape index (κ1) is 14.1. The third-order valence-corrected chi connectivity index (χ3v) is 2.79. The molecule has 0 aliphatic carbocycles. The van der Waals surface area contributed by atoms with Crippen molar-refractivity contribution < 1.29 is 9.53 Å². The SMILES string of the molecule is CCCCNC(=O)c1cccnc1Oc1ccccc1. The van der Waals surface area contributed by atoms with Crippen LogP contribution in [0.2, 0.25) is 0 Å². The van der Waals surface area contributed by atoms with E-state index in [-0.39, 0.29) is 5.91 Å². The molecule has 1 N–H and O–H groups in total. The monoisotopic (exact) mass is 270 g/mol. The number of hydrogen-bond donors (Lipinski definition) is 1. The summed E-state index contributed by atoms with van der Waals surface area (Å²) in [5.74, 6) is 0.832. The van der Waals surface area contributed by atoms with E-state index in [9.17, 15) is 4.79 Å². The van der Waals surface area contributed by atoms with Crippen LogP contribution in [0.5, 0.6) is 11.6 Å². The largest absolute Gasteiger partial charge is 0.438 e. The van der Waals surface area contributed by atoms with Gasteiger partial charge in [0.15, 0.2) is 0 Å². The van der Waals surface area contributed by atoms with Gasteiger partial charge in [-0.25, -0.2) is 4.98 Å². The molecule has 1 heterocycles. The highest BCUT2D eigenvalue weighted by Crippen LogP contribution is 2.22. The zero-order valence-electron chi connectivity index (χ0n) is 11.5. The van der Waals surface area contributed by atoms with Crippen molar-refractivity contribution in [2.75, 3.05) is 6.54 Å². The molecular weight excluding hydrogens is 252 g/mol. The number of rotatable bonds is 6. The zero-order chi connectivity index (χ0) is 14.2. The first-order chi connectivity index (χ1) is 9.81. The van der Waals surface area contributed by atoms with Crippen LogP contribution in [-0.4, -0.2) is 17.4 Å². The lowest BCUT2D eigenvalue weighted by molar-refractivity contribution is 0.0950. The lowest BCUT2D eigenvalue weighted by Crippen LogP contribution is -2.24. The van der Waals surface area contributed by atoms with E-state index in [0.29, 0.717) is 23.7 Å². The molecule has 4 heteroatoms. The van der Waals surface area contributed by atoms with E-state index in [1.54, 1.807) is 18.3 Å². The van der Waals surface area contributed by atoms with E-state index >= 15 is 0 Å². The Balaban J connectivity index is 2.11. The van der Waals surface area contributed by atoms with Gasteiger partial charge < -0.3 is 10.1 Å². The Kier molecular flexibility index (Phi) is 5.12. The van der Waals surface area contributed by atoms with Crippen LogP contribution >= 0.6 is 0 Å². The number of ether oxygens (including phenoxy) is 1. The molecule has 0 saturated heterocycles. The summed E-state index contributed by atoms with van der Waals surface area (Å²) >= 11 is 0. The topological polar surface area (TPSA) is 51.2 Å². The second-order valence-corrected chi connectivity index (χ2v) is 4.38. The number of hydrogen-bond acceptors (Lipinski definition) is 3. The van der Waals surface area contributed by atoms with E-state index < -0.39 is 0 Å². The van der Waals surface area contributed by atoms with Gasteiger partial charge in [-0.1, -0.05) is 31.5 Å². The number of nitrogens with one attached hydrogen (secondary N) is 1. The fourth-order valence-electron chi connectivity index (χ4n) is 1.72. The molecule has 0 fully saturated rings. The van der Waals surface area contributed by atoms with Gasteiger partial charge >= 0.3 is 0 Å². The Morgan fingerprint density at radius 2 is 2.00 bits per heavy atom. The maximum atomic E-state index is 12.1. The van der Waals surface area contributed by atoms with Gasteiger partial charge in [0.25, 0.3) is 5.91 Å². The Bertz CT molecular complexity index is 555. The lowest BCUT2D eigenvalue weighted by Gasteiger charge is -2.10. The maximum Gasteiger partial charge on any atom is 0.256 e. The summed E-state index contributed by atoms with van der Waals surface area (Å²) in [5, 5.41) is 2.87. The molecule has 4 nitrogen and oxygen atoms in total. The van der Waals surface area contributed by atoms with Gasteiger partial charge in [0, 0.05) is 12.7 Å². The van der Waals surface area contributed by atoms with Crippen molar-refractivity contribution in [3.63, 3.8) is 0 Å². The molecule has 0 bridgehead atoms. The number of carbonyl (C=O) groups excluding carboxylic acids is 1. The normalized spacial score (nSPS) is 10.1. The van der Waals surface area contributed by atoms with Crippen LogP contribution in [-0.2, 0) is 0 Å². The second kappa shape index (κ2) is 7.28. The minimum absolute atomic E-state index is 0.155. The molecule has 0 aliphatic heterocycles. The summed E-state index contributed by atoms with van der Waals surface area (Å²) in [7, 11) is 0. The summed E-state index contributed by atoms with van der Waals surface area (Å²) in [4.78, 5) is 16.2. The third-order valence-electron chi connectivity index (χ3n) is 2.79. The predicted molar refractivity (Wildman–Crippen MR) is 78.0 cm³/mol. The molecule has 0 saturated carbocycles. The second-order valence-electron chi connectivity index (χ2n) is 4.38. The van der Waals surface area contributed by atoms with E-state index in [0.717, 1.165) is 12.8 Å². The molecule has 2 rings (SSSR count). The Hall–Kier alpha value is -2.36. The van der Waals surface area contributed by atoms with Crippen molar-refractivity contribution in [3.05, 3.63) is 54.2 Å². The molecule has 1 aromatic carbocycles. The summed E-state index contributed by atoms with van der Waals surface area (Å²) in [6.45, 7) is 2.75. The smallest absolute Gasteiger partial charge is 0.256 e. The highest BCUT2D eigenvalue weighted by molar-refractivity contribution is 5.96. The van der Waals surface area contributed by atoms with E-state index in [1.807, 2.05) is 30.3 Å². The zero-order valence-corrected chi connectivity index (χ0v) is 11.5. The molecule has 104 valence electrons. The summed E-state index contributed by atoms with van der Waals surface area (Å²) in [6, 6.07) is 12.8. The minimum Gasteiger partial charge on any atom is -0.438 e. The molecule has 0 unspecified atom stereocenters. The fraction of sp³-hybridized carbons (Fsp3) is 0.250. The molecule has 1 aromatic heterocycles. The van der Waals surface area contributed by atoms with Gasteiger partial charge in [0.2, 0.25) is 5.88 Å². The molecule has 0 atom stereocenters. The highest BCUT2D eigenvalue weighted by Gasteiger charge is 2.13. The van der Waals surface area contributed by atoms with Crippen LogP contribution < -0.4 is 10.1 Å². The number of benzene rings is 1. The van der Waals surface area contributed by atoms with E-state index in [4.69, 9.17) is 4.74 Å². The van der Waals surface area contributed by atoms with Gasteiger partial charge in [-0.05, 0) is 30.7 Å². The van der Waals surface area contributed by atoms with Crippen LogP contribution in [0.25, 0.3) is 0 Å². The van der Waals surface area contributed by atoms with Crippen LogP contribution in [0.1, 0.15) is 30.1 Å². The maximum absolute atomic E-state index is 12.1. The quantitative estimate of drug-likeness (QED) is 0.818. The van der Waals surface area contributed by atoms with Crippen molar-refractivity contribution >= 4 is 5.91 Å². The lowest BCUT2D eigenvalue weighted by atomic mass is 10.2. The van der Waals surface area contributed by atoms with Gasteiger partial charge in [0.1, 0.15) is 11.3 Å². The first-order valence-corrected chi connectivity index (χ1v) is 6.77. The van der Waals surface area contributed by atoms with E-state index in [2.05, 4.69) is 17.2 Å². The molecule has 1 amide bonds. The van der Waals surface area contributed by atoms with Crippen molar-refractivity contribution in [2.24, 2.45) is 0 Å².